The van der Waals surface area contributed by atoms with Crippen molar-refractivity contribution in [3.8, 4) is 0 Å². The van der Waals surface area contributed by atoms with Crippen molar-refractivity contribution in [1.29, 1.82) is 0 Å². The number of benzene rings is 1. The third kappa shape index (κ3) is 2.85. The number of amides is 1. The molecule has 3 rings (SSSR count). The van der Waals surface area contributed by atoms with Crippen molar-refractivity contribution in [1.82, 2.24) is 4.90 Å². The molecule has 2 atom stereocenters. The Morgan fingerprint density at radius 1 is 1.50 bits per heavy atom. The zero-order chi connectivity index (χ0) is 15.7. The lowest BCUT2D eigenvalue weighted by Crippen LogP contribution is -2.50. The van der Waals surface area contributed by atoms with Gasteiger partial charge in [0.25, 0.3) is 5.91 Å². The molecule has 5 heteroatoms. The molecule has 0 aliphatic carbocycles. The number of carbonyl (C=O) groups excluding carboxylic acids is 1. The Morgan fingerprint density at radius 2 is 2.32 bits per heavy atom. The molecule has 0 radical (unpaired) electrons. The van der Waals surface area contributed by atoms with E-state index in [2.05, 4.69) is 12.1 Å². The second kappa shape index (κ2) is 5.71. The van der Waals surface area contributed by atoms with E-state index < -0.39 is 5.60 Å². The maximum atomic E-state index is 13.3. The van der Waals surface area contributed by atoms with Crippen molar-refractivity contribution in [2.45, 2.75) is 38.7 Å². The molecule has 0 saturated carbocycles. The molecule has 2 aliphatic rings. The molecule has 0 unspecified atom stereocenters. The van der Waals surface area contributed by atoms with E-state index in [1.54, 1.807) is 19.1 Å². The Kier molecular flexibility index (Phi) is 3.89. The molecule has 1 fully saturated rings. The first-order valence-corrected chi connectivity index (χ1v) is 7.78. The van der Waals surface area contributed by atoms with Crippen LogP contribution >= 0.6 is 0 Å². The van der Waals surface area contributed by atoms with Crippen molar-refractivity contribution >= 4 is 11.6 Å². The average molecular weight is 304 g/mol. The molecule has 0 aromatic heterocycles. The molecule has 4 nitrogen and oxygen atoms in total. The fourth-order valence-electron chi connectivity index (χ4n) is 3.19. The molecule has 1 aromatic carbocycles. The van der Waals surface area contributed by atoms with Crippen LogP contribution in [0.15, 0.2) is 29.4 Å². The van der Waals surface area contributed by atoms with Gasteiger partial charge in [0.05, 0.1) is 5.71 Å². The fraction of sp³-hybridized carbons (Fsp3) is 0.529. The Bertz CT molecular complexity index is 616. The largest absolute Gasteiger partial charge is 0.379 e. The van der Waals surface area contributed by atoms with E-state index in [0.29, 0.717) is 23.6 Å². The summed E-state index contributed by atoms with van der Waals surface area (Å²) in [6.07, 6.45) is 2.56. The topological polar surface area (TPSA) is 41.9 Å². The minimum atomic E-state index is -0.974. The van der Waals surface area contributed by atoms with Gasteiger partial charge in [-0.05, 0) is 37.8 Å². The summed E-state index contributed by atoms with van der Waals surface area (Å²) in [4.78, 5) is 20.1. The minimum Gasteiger partial charge on any atom is -0.379 e. The number of halogens is 1. The first kappa shape index (κ1) is 15.0. The SMILES string of the molecule is C[C@H]1CCCN(C(=O)[C@@]2(C)CC(c3cccc(F)c3)=NO2)C1. The third-order valence-corrected chi connectivity index (χ3v) is 4.42. The van der Waals surface area contributed by atoms with Crippen molar-refractivity contribution in [3.63, 3.8) is 0 Å². The summed E-state index contributed by atoms with van der Waals surface area (Å²) in [5.41, 5.74) is 0.322. The normalized spacial score (nSPS) is 28.2. The van der Waals surface area contributed by atoms with Gasteiger partial charge in [0, 0.05) is 25.1 Å². The molecule has 1 saturated heterocycles. The monoisotopic (exact) mass is 304 g/mol. The Hall–Kier alpha value is -1.91. The lowest BCUT2D eigenvalue weighted by atomic mass is 9.92. The van der Waals surface area contributed by atoms with E-state index in [1.165, 1.54) is 12.1 Å². The van der Waals surface area contributed by atoms with Gasteiger partial charge in [-0.2, -0.15) is 0 Å². The van der Waals surface area contributed by atoms with Crippen molar-refractivity contribution < 1.29 is 14.0 Å². The summed E-state index contributed by atoms with van der Waals surface area (Å²) < 4.78 is 13.3. The molecule has 0 bridgehead atoms. The second-order valence-electron chi connectivity index (χ2n) is 6.55. The molecular weight excluding hydrogens is 283 g/mol. The first-order chi connectivity index (χ1) is 10.5. The van der Waals surface area contributed by atoms with Gasteiger partial charge in [0.2, 0.25) is 5.60 Å². The van der Waals surface area contributed by atoms with E-state index in [-0.39, 0.29) is 11.7 Å². The number of rotatable bonds is 2. The van der Waals surface area contributed by atoms with Crippen LogP contribution in [-0.4, -0.2) is 35.2 Å². The van der Waals surface area contributed by atoms with Crippen LogP contribution in [0.2, 0.25) is 0 Å². The van der Waals surface area contributed by atoms with Gasteiger partial charge in [-0.1, -0.05) is 24.2 Å². The molecule has 22 heavy (non-hydrogen) atoms. The van der Waals surface area contributed by atoms with Crippen molar-refractivity contribution in [2.75, 3.05) is 13.1 Å². The number of oxime groups is 1. The van der Waals surface area contributed by atoms with Gasteiger partial charge in [0.15, 0.2) is 0 Å². The van der Waals surface area contributed by atoms with Crippen molar-refractivity contribution in [2.24, 2.45) is 11.1 Å². The Balaban J connectivity index is 1.72. The molecular formula is C17H21FN2O2. The van der Waals surface area contributed by atoms with Crippen LogP contribution in [0.1, 0.15) is 38.7 Å². The standard InChI is InChI=1S/C17H21FN2O2/c1-12-5-4-8-20(11-12)16(21)17(2)10-15(19-22-17)13-6-3-7-14(18)9-13/h3,6-7,9,12H,4-5,8,10-11H2,1-2H3/t12-,17+/m0/s1. The van der Waals surface area contributed by atoms with Gasteiger partial charge in [-0.25, -0.2) is 4.39 Å². The van der Waals surface area contributed by atoms with Crippen LogP contribution < -0.4 is 0 Å². The van der Waals surface area contributed by atoms with Gasteiger partial charge >= 0.3 is 0 Å². The summed E-state index contributed by atoms with van der Waals surface area (Å²) in [6, 6.07) is 6.22. The van der Waals surface area contributed by atoms with Crippen LogP contribution in [0.3, 0.4) is 0 Å². The fourth-order valence-corrected chi connectivity index (χ4v) is 3.19. The highest BCUT2D eigenvalue weighted by atomic mass is 19.1. The highest BCUT2D eigenvalue weighted by molar-refractivity contribution is 6.05. The predicted octanol–water partition coefficient (Wildman–Crippen LogP) is 2.97. The molecule has 2 heterocycles. The number of likely N-dealkylation sites (tertiary alicyclic amines) is 1. The zero-order valence-corrected chi connectivity index (χ0v) is 13.0. The maximum absolute atomic E-state index is 13.3. The van der Waals surface area contributed by atoms with E-state index in [9.17, 15) is 9.18 Å². The second-order valence-corrected chi connectivity index (χ2v) is 6.55. The summed E-state index contributed by atoms with van der Waals surface area (Å²) in [5, 5.41) is 4.04. The molecule has 2 aliphatic heterocycles. The molecule has 0 N–H and O–H groups in total. The minimum absolute atomic E-state index is 0.0193. The van der Waals surface area contributed by atoms with Gasteiger partial charge in [0.1, 0.15) is 5.82 Å². The van der Waals surface area contributed by atoms with Crippen LogP contribution in [0.5, 0.6) is 0 Å². The van der Waals surface area contributed by atoms with Gasteiger partial charge in [-0.3, -0.25) is 4.79 Å². The third-order valence-electron chi connectivity index (χ3n) is 4.42. The number of hydrogen-bond acceptors (Lipinski definition) is 3. The molecule has 1 amide bonds. The predicted molar refractivity (Wildman–Crippen MR) is 82.0 cm³/mol. The van der Waals surface area contributed by atoms with Gasteiger partial charge in [-0.15, -0.1) is 0 Å². The molecule has 1 aromatic rings. The quantitative estimate of drug-likeness (QED) is 0.843. The maximum Gasteiger partial charge on any atom is 0.269 e. The highest BCUT2D eigenvalue weighted by Crippen LogP contribution is 2.30. The van der Waals surface area contributed by atoms with Crippen LogP contribution in [0.25, 0.3) is 0 Å². The Morgan fingerprint density at radius 3 is 3.05 bits per heavy atom. The van der Waals surface area contributed by atoms with E-state index in [0.717, 1.165) is 25.9 Å². The van der Waals surface area contributed by atoms with Crippen LogP contribution in [-0.2, 0) is 9.63 Å². The highest BCUT2D eigenvalue weighted by Gasteiger charge is 2.45. The molecule has 0 spiro atoms. The van der Waals surface area contributed by atoms with Crippen molar-refractivity contribution in [3.05, 3.63) is 35.6 Å². The first-order valence-electron chi connectivity index (χ1n) is 7.78. The summed E-state index contributed by atoms with van der Waals surface area (Å²) in [7, 11) is 0. The van der Waals surface area contributed by atoms with Crippen LogP contribution in [0.4, 0.5) is 4.39 Å². The number of hydrogen-bond donors (Lipinski definition) is 0. The van der Waals surface area contributed by atoms with E-state index >= 15 is 0 Å². The van der Waals surface area contributed by atoms with E-state index in [1.807, 2.05) is 4.90 Å². The Labute approximate surface area is 129 Å². The average Bonchev–Trinajstić information content (AvgIpc) is 2.90. The number of piperidine rings is 1. The zero-order valence-electron chi connectivity index (χ0n) is 13.0. The summed E-state index contributed by atoms with van der Waals surface area (Å²) in [6.45, 7) is 5.47. The summed E-state index contributed by atoms with van der Waals surface area (Å²) in [5.74, 6) is 0.186. The van der Waals surface area contributed by atoms with E-state index in [4.69, 9.17) is 4.84 Å². The number of nitrogens with zero attached hydrogens (tertiary/aromatic N) is 2. The summed E-state index contributed by atoms with van der Waals surface area (Å²) >= 11 is 0. The number of carbonyl (C=O) groups is 1. The smallest absolute Gasteiger partial charge is 0.269 e. The van der Waals surface area contributed by atoms with Gasteiger partial charge < -0.3 is 9.74 Å². The molecule has 118 valence electrons. The lowest BCUT2D eigenvalue weighted by molar-refractivity contribution is -0.155. The van der Waals surface area contributed by atoms with Crippen LogP contribution in [0, 0.1) is 11.7 Å². The lowest BCUT2D eigenvalue weighted by Gasteiger charge is -2.35.